The van der Waals surface area contributed by atoms with E-state index in [1.165, 1.54) is 6.08 Å². The van der Waals surface area contributed by atoms with Crippen LogP contribution in [0.4, 0.5) is 0 Å². The van der Waals surface area contributed by atoms with Crippen LogP contribution in [0.1, 0.15) is 5.56 Å². The lowest BCUT2D eigenvalue weighted by Gasteiger charge is -2.18. The fraction of sp³-hybridized carbons (Fsp3) is 0. The van der Waals surface area contributed by atoms with E-state index >= 15 is 0 Å². The fourth-order valence-corrected chi connectivity index (χ4v) is 4.34. The molecule has 0 unspecified atom stereocenters. The molecule has 3 rings (SSSR count). The van der Waals surface area contributed by atoms with Crippen LogP contribution >= 0.6 is 7.37 Å². The third kappa shape index (κ3) is 4.14. The molecular formula is C21H17O3P. The molecule has 0 heterocycles. The summed E-state index contributed by atoms with van der Waals surface area (Å²) in [6, 6.07) is 27.0. The van der Waals surface area contributed by atoms with Crippen molar-refractivity contribution in [2.75, 3.05) is 0 Å². The molecule has 0 aliphatic heterocycles. The lowest BCUT2D eigenvalue weighted by molar-refractivity contribution is -0.128. The zero-order valence-electron chi connectivity index (χ0n) is 13.5. The van der Waals surface area contributed by atoms with Gasteiger partial charge < -0.3 is 4.52 Å². The maximum Gasteiger partial charge on any atom is 0.336 e. The van der Waals surface area contributed by atoms with Gasteiger partial charge in [0.25, 0.3) is 0 Å². The Bertz CT molecular complexity index is 860. The van der Waals surface area contributed by atoms with Gasteiger partial charge in [0, 0.05) is 6.08 Å². The summed E-state index contributed by atoms with van der Waals surface area (Å²) in [4.78, 5) is 12.3. The summed E-state index contributed by atoms with van der Waals surface area (Å²) in [6.45, 7) is 0. The maximum atomic E-state index is 13.6. The van der Waals surface area contributed by atoms with Gasteiger partial charge >= 0.3 is 13.3 Å². The summed E-state index contributed by atoms with van der Waals surface area (Å²) in [5.41, 5.74) is 0.869. The van der Waals surface area contributed by atoms with Gasteiger partial charge in [0.2, 0.25) is 0 Å². The summed E-state index contributed by atoms with van der Waals surface area (Å²) >= 11 is 0. The van der Waals surface area contributed by atoms with Crippen molar-refractivity contribution < 1.29 is 13.9 Å². The van der Waals surface area contributed by atoms with E-state index in [9.17, 15) is 9.36 Å². The van der Waals surface area contributed by atoms with Crippen LogP contribution in [-0.4, -0.2) is 5.97 Å². The summed E-state index contributed by atoms with van der Waals surface area (Å²) in [7, 11) is -3.50. The first kappa shape index (κ1) is 16.9. The van der Waals surface area contributed by atoms with Crippen LogP contribution in [0.25, 0.3) is 6.08 Å². The van der Waals surface area contributed by atoms with Crippen molar-refractivity contribution in [1.29, 1.82) is 0 Å². The van der Waals surface area contributed by atoms with Crippen molar-refractivity contribution in [1.82, 2.24) is 0 Å². The Balaban J connectivity index is 1.90. The number of rotatable bonds is 5. The number of benzene rings is 3. The predicted molar refractivity (Wildman–Crippen MR) is 101 cm³/mol. The molecule has 3 nitrogen and oxygen atoms in total. The number of carbonyl (C=O) groups excluding carboxylic acids is 1. The van der Waals surface area contributed by atoms with Gasteiger partial charge in [0.15, 0.2) is 0 Å². The van der Waals surface area contributed by atoms with Crippen molar-refractivity contribution in [3.8, 4) is 0 Å². The third-order valence-electron chi connectivity index (χ3n) is 3.62. The van der Waals surface area contributed by atoms with Crippen molar-refractivity contribution in [3.05, 3.63) is 103 Å². The molecule has 0 spiro atoms. The highest BCUT2D eigenvalue weighted by Crippen LogP contribution is 2.44. The van der Waals surface area contributed by atoms with Crippen molar-refractivity contribution >= 4 is 30.0 Å². The Morgan fingerprint density at radius 1 is 0.720 bits per heavy atom. The van der Waals surface area contributed by atoms with E-state index in [-0.39, 0.29) is 0 Å². The van der Waals surface area contributed by atoms with Crippen LogP contribution in [0.15, 0.2) is 97.1 Å². The molecule has 0 N–H and O–H groups in total. The van der Waals surface area contributed by atoms with Gasteiger partial charge in [-0.2, -0.15) is 0 Å². The molecule has 0 atom stereocenters. The zero-order valence-corrected chi connectivity index (χ0v) is 14.4. The van der Waals surface area contributed by atoms with Gasteiger partial charge in [-0.1, -0.05) is 66.7 Å². The number of carbonyl (C=O) groups is 1. The Kier molecular flexibility index (Phi) is 5.27. The molecule has 0 saturated heterocycles. The molecule has 4 heteroatoms. The Morgan fingerprint density at radius 2 is 1.16 bits per heavy atom. The predicted octanol–water partition coefficient (Wildman–Crippen LogP) is 4.17. The summed E-state index contributed by atoms with van der Waals surface area (Å²) in [5.74, 6) is -0.639. The first-order chi connectivity index (χ1) is 12.2. The van der Waals surface area contributed by atoms with Gasteiger partial charge in [-0.3, -0.25) is 4.57 Å². The average molecular weight is 348 g/mol. The molecule has 0 amide bonds. The highest BCUT2D eigenvalue weighted by atomic mass is 31.2. The minimum Gasteiger partial charge on any atom is -0.401 e. The molecule has 3 aromatic rings. The minimum absolute atomic E-state index is 0.489. The van der Waals surface area contributed by atoms with Crippen LogP contribution in [0.2, 0.25) is 0 Å². The summed E-state index contributed by atoms with van der Waals surface area (Å²) in [5, 5.41) is 0.977. The van der Waals surface area contributed by atoms with Crippen molar-refractivity contribution in [2.45, 2.75) is 0 Å². The van der Waals surface area contributed by atoms with Crippen LogP contribution in [-0.2, 0) is 13.9 Å². The monoisotopic (exact) mass is 348 g/mol. The molecule has 0 radical (unpaired) electrons. The average Bonchev–Trinajstić information content (AvgIpc) is 2.68. The topological polar surface area (TPSA) is 43.4 Å². The first-order valence-corrected chi connectivity index (χ1v) is 9.49. The highest BCUT2D eigenvalue weighted by Gasteiger charge is 2.31. The first-order valence-electron chi connectivity index (χ1n) is 7.86. The Morgan fingerprint density at radius 3 is 1.64 bits per heavy atom. The lowest BCUT2D eigenvalue weighted by atomic mass is 10.2. The second-order valence-corrected chi connectivity index (χ2v) is 7.70. The van der Waals surface area contributed by atoms with E-state index in [2.05, 4.69) is 0 Å². The van der Waals surface area contributed by atoms with Crippen molar-refractivity contribution in [3.63, 3.8) is 0 Å². The fourth-order valence-electron chi connectivity index (χ4n) is 2.39. The Hall–Kier alpha value is -2.90. The SMILES string of the molecule is O=C(C=Cc1ccccc1)OP(=O)(c1ccccc1)c1ccccc1. The minimum atomic E-state index is -3.50. The largest absolute Gasteiger partial charge is 0.401 e. The van der Waals surface area contributed by atoms with Gasteiger partial charge in [-0.05, 0) is 35.9 Å². The normalized spacial score (nSPS) is 11.4. The van der Waals surface area contributed by atoms with Gasteiger partial charge in [0.05, 0.1) is 10.6 Å². The molecular weight excluding hydrogens is 331 g/mol. The second-order valence-electron chi connectivity index (χ2n) is 5.38. The molecule has 0 aromatic heterocycles. The van der Waals surface area contributed by atoms with E-state index < -0.39 is 13.3 Å². The highest BCUT2D eigenvalue weighted by molar-refractivity contribution is 7.74. The van der Waals surface area contributed by atoms with Crippen molar-refractivity contribution in [2.24, 2.45) is 0 Å². The maximum absolute atomic E-state index is 13.6. The van der Waals surface area contributed by atoms with Crippen LogP contribution in [0.5, 0.6) is 0 Å². The standard InChI is InChI=1S/C21H17O3P/c22-21(17-16-18-10-4-1-5-11-18)24-25(23,19-12-6-2-7-13-19)20-14-8-3-9-15-20/h1-17H. The summed E-state index contributed by atoms with van der Waals surface area (Å²) < 4.78 is 19.0. The van der Waals surface area contributed by atoms with E-state index in [4.69, 9.17) is 4.52 Å². The van der Waals surface area contributed by atoms with E-state index in [1.807, 2.05) is 42.5 Å². The molecule has 25 heavy (non-hydrogen) atoms. The quantitative estimate of drug-likeness (QED) is 0.513. The van der Waals surface area contributed by atoms with Gasteiger partial charge in [-0.15, -0.1) is 0 Å². The molecule has 0 fully saturated rings. The summed E-state index contributed by atoms with van der Waals surface area (Å²) in [6.07, 6.45) is 2.94. The van der Waals surface area contributed by atoms with E-state index in [0.717, 1.165) is 5.56 Å². The lowest BCUT2D eigenvalue weighted by Crippen LogP contribution is -2.20. The molecule has 0 aliphatic rings. The van der Waals surface area contributed by atoms with Gasteiger partial charge in [0.1, 0.15) is 0 Å². The van der Waals surface area contributed by atoms with E-state index in [1.54, 1.807) is 54.6 Å². The molecule has 0 bridgehead atoms. The third-order valence-corrected chi connectivity index (χ3v) is 6.02. The van der Waals surface area contributed by atoms with Crippen LogP contribution < -0.4 is 10.6 Å². The van der Waals surface area contributed by atoms with Crippen LogP contribution in [0, 0.1) is 0 Å². The molecule has 3 aromatic carbocycles. The Labute approximate surface area is 147 Å². The van der Waals surface area contributed by atoms with Gasteiger partial charge in [-0.25, -0.2) is 4.79 Å². The zero-order chi connectivity index (χ0) is 17.5. The number of hydrogen-bond acceptors (Lipinski definition) is 3. The smallest absolute Gasteiger partial charge is 0.336 e. The number of hydrogen-bond donors (Lipinski definition) is 0. The molecule has 124 valence electrons. The molecule has 0 saturated carbocycles. The van der Waals surface area contributed by atoms with E-state index in [0.29, 0.717) is 10.6 Å². The second kappa shape index (κ2) is 7.78. The van der Waals surface area contributed by atoms with Crippen LogP contribution in [0.3, 0.4) is 0 Å². The molecule has 0 aliphatic carbocycles.